The zero-order chi connectivity index (χ0) is 16.1. The molecule has 0 unspecified atom stereocenters. The Morgan fingerprint density at radius 1 is 0.957 bits per heavy atom. The van der Waals surface area contributed by atoms with E-state index >= 15 is 0 Å². The maximum atomic E-state index is 5.87. The van der Waals surface area contributed by atoms with Gasteiger partial charge in [-0.3, -0.25) is 0 Å². The van der Waals surface area contributed by atoms with Gasteiger partial charge in [0.05, 0.1) is 12.3 Å². The first-order valence-corrected chi connectivity index (χ1v) is 7.86. The Balaban J connectivity index is 1.58. The molecule has 0 amide bonds. The highest BCUT2D eigenvalue weighted by Crippen LogP contribution is 2.19. The molecule has 0 N–H and O–H groups in total. The predicted octanol–water partition coefficient (Wildman–Crippen LogP) is 4.73. The molecule has 0 aliphatic carbocycles. The van der Waals surface area contributed by atoms with Crippen molar-refractivity contribution in [3.63, 3.8) is 0 Å². The van der Waals surface area contributed by atoms with E-state index in [2.05, 4.69) is 29.3 Å². The molecular formula is C19H17ClN2O. The van der Waals surface area contributed by atoms with Gasteiger partial charge in [-0.05, 0) is 36.8 Å². The van der Waals surface area contributed by atoms with Crippen LogP contribution in [0, 0.1) is 6.92 Å². The van der Waals surface area contributed by atoms with Gasteiger partial charge in [0, 0.05) is 23.1 Å². The number of hydrogen-bond donors (Lipinski definition) is 0. The minimum atomic E-state index is 0.537. The molecule has 0 saturated heterocycles. The van der Waals surface area contributed by atoms with E-state index in [0.717, 1.165) is 22.7 Å². The van der Waals surface area contributed by atoms with Crippen molar-refractivity contribution < 1.29 is 4.74 Å². The largest absolute Gasteiger partial charge is 0.476 e. The molecule has 3 rings (SSSR count). The van der Waals surface area contributed by atoms with Gasteiger partial charge in [0.15, 0.2) is 0 Å². The van der Waals surface area contributed by atoms with Crippen molar-refractivity contribution in [3.8, 4) is 17.1 Å². The molecule has 0 fully saturated rings. The summed E-state index contributed by atoms with van der Waals surface area (Å²) in [5.41, 5.74) is 4.29. The highest BCUT2D eigenvalue weighted by molar-refractivity contribution is 6.30. The van der Waals surface area contributed by atoms with Crippen LogP contribution >= 0.6 is 11.6 Å². The molecule has 4 heteroatoms. The van der Waals surface area contributed by atoms with Gasteiger partial charge in [-0.2, -0.15) is 0 Å². The van der Waals surface area contributed by atoms with Crippen LogP contribution in [-0.4, -0.2) is 16.8 Å². The fourth-order valence-electron chi connectivity index (χ4n) is 2.28. The summed E-state index contributed by atoms with van der Waals surface area (Å²) < 4.78 is 5.65. The lowest BCUT2D eigenvalue weighted by molar-refractivity contribution is 0.306. The summed E-state index contributed by atoms with van der Waals surface area (Å²) in [6, 6.07) is 19.7. The Morgan fingerprint density at radius 2 is 1.78 bits per heavy atom. The Hall–Kier alpha value is -2.39. The Morgan fingerprint density at radius 3 is 2.48 bits per heavy atom. The first kappa shape index (κ1) is 15.5. The van der Waals surface area contributed by atoms with Gasteiger partial charge in [0.1, 0.15) is 0 Å². The predicted molar refractivity (Wildman–Crippen MR) is 92.9 cm³/mol. The molecule has 0 spiro atoms. The molecule has 0 radical (unpaired) electrons. The molecule has 0 bridgehead atoms. The number of benzene rings is 2. The third-order valence-electron chi connectivity index (χ3n) is 3.51. The second-order valence-electron chi connectivity index (χ2n) is 5.35. The van der Waals surface area contributed by atoms with Crippen LogP contribution in [0.25, 0.3) is 11.3 Å². The summed E-state index contributed by atoms with van der Waals surface area (Å²) in [6.45, 7) is 2.62. The average Bonchev–Trinajstić information content (AvgIpc) is 2.57. The number of halogens is 1. The van der Waals surface area contributed by atoms with Crippen molar-refractivity contribution >= 4 is 11.6 Å². The summed E-state index contributed by atoms with van der Waals surface area (Å²) in [6.07, 6.45) is 0.804. The van der Waals surface area contributed by atoms with Crippen molar-refractivity contribution in [2.45, 2.75) is 13.3 Å². The van der Waals surface area contributed by atoms with Crippen LogP contribution in [0.3, 0.4) is 0 Å². The number of nitrogens with zero attached hydrogens (tertiary/aromatic N) is 2. The molecule has 0 aliphatic heterocycles. The monoisotopic (exact) mass is 324 g/mol. The zero-order valence-corrected chi connectivity index (χ0v) is 13.6. The smallest absolute Gasteiger partial charge is 0.233 e. The second kappa shape index (κ2) is 7.25. The lowest BCUT2D eigenvalue weighted by Crippen LogP contribution is -2.03. The molecule has 23 heavy (non-hydrogen) atoms. The quantitative estimate of drug-likeness (QED) is 0.680. The number of rotatable bonds is 5. The molecule has 1 heterocycles. The van der Waals surface area contributed by atoms with Gasteiger partial charge in [0.2, 0.25) is 5.88 Å². The molecule has 1 aromatic heterocycles. The number of hydrogen-bond acceptors (Lipinski definition) is 3. The molecule has 0 atom stereocenters. The number of ether oxygens (including phenoxy) is 1. The summed E-state index contributed by atoms with van der Waals surface area (Å²) >= 11 is 5.87. The zero-order valence-electron chi connectivity index (χ0n) is 12.9. The van der Waals surface area contributed by atoms with Crippen molar-refractivity contribution in [2.24, 2.45) is 0 Å². The van der Waals surface area contributed by atoms with Crippen LogP contribution in [0.15, 0.2) is 60.7 Å². The lowest BCUT2D eigenvalue weighted by atomic mass is 10.1. The molecule has 0 aliphatic rings. The molecule has 3 aromatic rings. The van der Waals surface area contributed by atoms with E-state index in [1.165, 1.54) is 11.1 Å². The number of aryl methyl sites for hydroxylation is 1. The summed E-state index contributed by atoms with van der Waals surface area (Å²) in [7, 11) is 0. The maximum absolute atomic E-state index is 5.87. The van der Waals surface area contributed by atoms with E-state index in [-0.39, 0.29) is 0 Å². The summed E-state index contributed by atoms with van der Waals surface area (Å²) in [5, 5.41) is 9.11. The summed E-state index contributed by atoms with van der Waals surface area (Å²) in [5.74, 6) is 0.537. The highest BCUT2D eigenvalue weighted by Gasteiger charge is 2.02. The van der Waals surface area contributed by atoms with E-state index in [1.807, 2.05) is 48.5 Å². The van der Waals surface area contributed by atoms with Crippen molar-refractivity contribution in [2.75, 3.05) is 6.61 Å². The molecule has 0 saturated carbocycles. The first-order chi connectivity index (χ1) is 11.2. The van der Waals surface area contributed by atoms with Gasteiger partial charge in [-0.25, -0.2) is 0 Å². The van der Waals surface area contributed by atoms with Crippen LogP contribution < -0.4 is 4.74 Å². The van der Waals surface area contributed by atoms with E-state index < -0.39 is 0 Å². The average molecular weight is 325 g/mol. The van der Waals surface area contributed by atoms with Gasteiger partial charge >= 0.3 is 0 Å². The van der Waals surface area contributed by atoms with Crippen LogP contribution in [0.5, 0.6) is 5.88 Å². The van der Waals surface area contributed by atoms with Crippen LogP contribution in [-0.2, 0) is 6.42 Å². The molecule has 3 nitrogen and oxygen atoms in total. The second-order valence-corrected chi connectivity index (χ2v) is 5.79. The van der Waals surface area contributed by atoms with E-state index in [9.17, 15) is 0 Å². The van der Waals surface area contributed by atoms with Gasteiger partial charge < -0.3 is 4.74 Å². The highest BCUT2D eigenvalue weighted by atomic mass is 35.5. The first-order valence-electron chi connectivity index (χ1n) is 7.49. The fourth-order valence-corrected chi connectivity index (χ4v) is 2.41. The molecule has 2 aromatic carbocycles. The van der Waals surface area contributed by atoms with E-state index in [1.54, 1.807) is 0 Å². The normalized spacial score (nSPS) is 10.5. The van der Waals surface area contributed by atoms with Gasteiger partial charge in [-0.15, -0.1) is 10.2 Å². The third kappa shape index (κ3) is 4.30. The van der Waals surface area contributed by atoms with E-state index in [0.29, 0.717) is 12.5 Å². The molecular weight excluding hydrogens is 308 g/mol. The maximum Gasteiger partial charge on any atom is 0.233 e. The van der Waals surface area contributed by atoms with Gasteiger partial charge in [-0.1, -0.05) is 47.5 Å². The Kier molecular flexibility index (Phi) is 4.89. The van der Waals surface area contributed by atoms with Crippen LogP contribution in [0.1, 0.15) is 11.1 Å². The SMILES string of the molecule is Cc1cccc(-c2ccc(OCCc3ccc(Cl)cc3)nn2)c1. The fraction of sp³-hybridized carbons (Fsp3) is 0.158. The third-order valence-corrected chi connectivity index (χ3v) is 3.76. The minimum Gasteiger partial charge on any atom is -0.476 e. The van der Waals surface area contributed by atoms with Crippen molar-refractivity contribution in [1.82, 2.24) is 10.2 Å². The Bertz CT molecular complexity index is 770. The standard InChI is InChI=1S/C19H17ClN2O/c1-14-3-2-4-16(13-14)18-9-10-19(22-21-18)23-12-11-15-5-7-17(20)8-6-15/h2-10,13H,11-12H2,1H3. The van der Waals surface area contributed by atoms with Crippen molar-refractivity contribution in [3.05, 3.63) is 76.8 Å². The summed E-state index contributed by atoms with van der Waals surface area (Å²) in [4.78, 5) is 0. The molecule has 116 valence electrons. The topological polar surface area (TPSA) is 35.0 Å². The lowest BCUT2D eigenvalue weighted by Gasteiger charge is -2.06. The van der Waals surface area contributed by atoms with Crippen LogP contribution in [0.2, 0.25) is 5.02 Å². The Labute approximate surface area is 140 Å². The van der Waals surface area contributed by atoms with Crippen LogP contribution in [0.4, 0.5) is 0 Å². The van der Waals surface area contributed by atoms with E-state index in [4.69, 9.17) is 16.3 Å². The minimum absolute atomic E-state index is 0.537. The number of aromatic nitrogens is 2. The van der Waals surface area contributed by atoms with Crippen molar-refractivity contribution in [1.29, 1.82) is 0 Å². The van der Waals surface area contributed by atoms with Gasteiger partial charge in [0.25, 0.3) is 0 Å².